The Labute approximate surface area is 121 Å². The maximum atomic E-state index is 13.8. The number of alkyl halides is 3. The summed E-state index contributed by atoms with van der Waals surface area (Å²) in [7, 11) is 0. The van der Waals surface area contributed by atoms with Crippen LogP contribution in [-0.2, 0) is 4.79 Å². The van der Waals surface area contributed by atoms with Crippen molar-refractivity contribution in [1.29, 1.82) is 0 Å². The van der Waals surface area contributed by atoms with Gasteiger partial charge in [0.1, 0.15) is 5.82 Å². The first-order valence-electron chi connectivity index (χ1n) is 5.83. The lowest BCUT2D eigenvalue weighted by atomic mass is 10.0. The van der Waals surface area contributed by atoms with Gasteiger partial charge in [0.15, 0.2) is 0 Å². The maximum Gasteiger partial charge on any atom is 0.471 e. The number of hydrogen-bond acceptors (Lipinski definition) is 2. The molecule has 0 spiro atoms. The first-order valence-corrected chi connectivity index (χ1v) is 6.63. The molecule has 1 aromatic rings. The fourth-order valence-electron chi connectivity index (χ4n) is 2.11. The standard InChI is InChI=1S/C12H11BrF4N2O/c13-7-1-2-8(9(14)5-7)10-6-19(4-3-18-10)11(20)12(15,16)17/h1-2,5,10,18H,3-4,6H2. The molecule has 1 aliphatic heterocycles. The molecule has 1 unspecified atom stereocenters. The van der Waals surface area contributed by atoms with Crippen molar-refractivity contribution >= 4 is 21.8 Å². The predicted molar refractivity (Wildman–Crippen MR) is 67.5 cm³/mol. The molecule has 20 heavy (non-hydrogen) atoms. The summed E-state index contributed by atoms with van der Waals surface area (Å²) in [5, 5.41) is 2.92. The van der Waals surface area contributed by atoms with Crippen LogP contribution in [0.2, 0.25) is 0 Å². The minimum atomic E-state index is -4.90. The minimum absolute atomic E-state index is 0.0486. The molecule has 1 amide bonds. The number of hydrogen-bond donors (Lipinski definition) is 1. The van der Waals surface area contributed by atoms with Crippen LogP contribution >= 0.6 is 15.9 Å². The van der Waals surface area contributed by atoms with Crippen LogP contribution in [0.25, 0.3) is 0 Å². The molecule has 0 aliphatic carbocycles. The highest BCUT2D eigenvalue weighted by Crippen LogP contribution is 2.26. The van der Waals surface area contributed by atoms with Crippen molar-refractivity contribution in [3.05, 3.63) is 34.1 Å². The van der Waals surface area contributed by atoms with E-state index in [1.165, 1.54) is 12.1 Å². The fourth-order valence-corrected chi connectivity index (χ4v) is 2.44. The number of nitrogens with zero attached hydrogens (tertiary/aromatic N) is 1. The molecule has 1 heterocycles. The molecular formula is C12H11BrF4N2O. The van der Waals surface area contributed by atoms with Crippen LogP contribution in [0, 0.1) is 5.82 Å². The van der Waals surface area contributed by atoms with Gasteiger partial charge in [-0.25, -0.2) is 4.39 Å². The van der Waals surface area contributed by atoms with Crippen LogP contribution in [0.4, 0.5) is 17.6 Å². The second kappa shape index (κ2) is 5.69. The van der Waals surface area contributed by atoms with Gasteiger partial charge in [-0.1, -0.05) is 22.0 Å². The van der Waals surface area contributed by atoms with Crippen LogP contribution in [-0.4, -0.2) is 36.6 Å². The summed E-state index contributed by atoms with van der Waals surface area (Å²) in [6, 6.07) is 3.67. The van der Waals surface area contributed by atoms with Gasteiger partial charge in [-0.3, -0.25) is 4.79 Å². The number of piperazine rings is 1. The van der Waals surface area contributed by atoms with E-state index in [4.69, 9.17) is 0 Å². The van der Waals surface area contributed by atoms with E-state index in [0.29, 0.717) is 9.37 Å². The largest absolute Gasteiger partial charge is 0.471 e. The highest BCUT2D eigenvalue weighted by Gasteiger charge is 2.43. The smallest absolute Gasteiger partial charge is 0.332 e. The van der Waals surface area contributed by atoms with Crippen molar-refractivity contribution in [3.8, 4) is 0 Å². The third kappa shape index (κ3) is 3.29. The molecule has 8 heteroatoms. The summed E-state index contributed by atoms with van der Waals surface area (Å²) in [6.07, 6.45) is -4.90. The fraction of sp³-hybridized carbons (Fsp3) is 0.417. The van der Waals surface area contributed by atoms with Crippen molar-refractivity contribution < 1.29 is 22.4 Å². The summed E-state index contributed by atoms with van der Waals surface area (Å²) in [4.78, 5) is 11.9. The molecule has 1 N–H and O–H groups in total. The number of carbonyl (C=O) groups is 1. The Morgan fingerprint density at radius 3 is 2.70 bits per heavy atom. The van der Waals surface area contributed by atoms with Gasteiger partial charge in [-0.2, -0.15) is 13.2 Å². The van der Waals surface area contributed by atoms with Gasteiger partial charge >= 0.3 is 12.1 Å². The van der Waals surface area contributed by atoms with E-state index in [-0.39, 0.29) is 25.2 Å². The second-order valence-corrected chi connectivity index (χ2v) is 5.34. The molecule has 2 rings (SSSR count). The van der Waals surface area contributed by atoms with Crippen LogP contribution in [0.1, 0.15) is 11.6 Å². The van der Waals surface area contributed by atoms with Gasteiger partial charge in [0.2, 0.25) is 0 Å². The van der Waals surface area contributed by atoms with Gasteiger partial charge in [0.05, 0.1) is 6.04 Å². The minimum Gasteiger partial charge on any atom is -0.332 e. The monoisotopic (exact) mass is 354 g/mol. The zero-order valence-electron chi connectivity index (χ0n) is 10.2. The van der Waals surface area contributed by atoms with E-state index in [1.807, 2.05) is 0 Å². The van der Waals surface area contributed by atoms with E-state index < -0.39 is 23.9 Å². The van der Waals surface area contributed by atoms with Crippen molar-refractivity contribution in [1.82, 2.24) is 10.2 Å². The molecule has 3 nitrogen and oxygen atoms in total. The van der Waals surface area contributed by atoms with Crippen LogP contribution in [0.5, 0.6) is 0 Å². The van der Waals surface area contributed by atoms with Gasteiger partial charge < -0.3 is 10.2 Å². The van der Waals surface area contributed by atoms with Gasteiger partial charge in [0, 0.05) is 29.7 Å². The van der Waals surface area contributed by atoms with Crippen LogP contribution in [0.3, 0.4) is 0 Å². The van der Waals surface area contributed by atoms with E-state index in [9.17, 15) is 22.4 Å². The Balaban J connectivity index is 2.16. The predicted octanol–water partition coefficient (Wildman–Crippen LogP) is 2.62. The lowest BCUT2D eigenvalue weighted by molar-refractivity contribution is -0.186. The molecule has 1 saturated heterocycles. The lowest BCUT2D eigenvalue weighted by Crippen LogP contribution is -2.52. The third-order valence-electron chi connectivity index (χ3n) is 3.04. The number of halogens is 5. The molecule has 1 fully saturated rings. The van der Waals surface area contributed by atoms with E-state index in [2.05, 4.69) is 21.2 Å². The molecule has 1 aromatic carbocycles. The number of nitrogens with one attached hydrogen (secondary N) is 1. The molecule has 110 valence electrons. The van der Waals surface area contributed by atoms with Crippen molar-refractivity contribution in [2.75, 3.05) is 19.6 Å². The molecule has 0 bridgehead atoms. The maximum absolute atomic E-state index is 13.8. The Bertz CT molecular complexity index is 521. The van der Waals surface area contributed by atoms with Crippen molar-refractivity contribution in [2.24, 2.45) is 0 Å². The van der Waals surface area contributed by atoms with E-state index in [1.54, 1.807) is 6.07 Å². The Hall–Kier alpha value is -1.15. The zero-order valence-corrected chi connectivity index (χ0v) is 11.8. The molecule has 1 aliphatic rings. The topological polar surface area (TPSA) is 32.3 Å². The Kier molecular flexibility index (Phi) is 4.33. The lowest BCUT2D eigenvalue weighted by Gasteiger charge is -2.34. The average Bonchev–Trinajstić information content (AvgIpc) is 2.37. The summed E-state index contributed by atoms with van der Waals surface area (Å²) < 4.78 is 51.6. The number of rotatable bonds is 1. The summed E-state index contributed by atoms with van der Waals surface area (Å²) in [6.45, 7) is -0.0775. The molecule has 1 atom stereocenters. The van der Waals surface area contributed by atoms with Crippen molar-refractivity contribution in [3.63, 3.8) is 0 Å². The van der Waals surface area contributed by atoms with Gasteiger partial charge in [0.25, 0.3) is 0 Å². The highest BCUT2D eigenvalue weighted by atomic mass is 79.9. The number of carbonyl (C=O) groups excluding carboxylic acids is 1. The normalized spacial score (nSPS) is 20.1. The first-order chi connectivity index (χ1) is 9.29. The van der Waals surface area contributed by atoms with Crippen LogP contribution in [0.15, 0.2) is 22.7 Å². The third-order valence-corrected chi connectivity index (χ3v) is 3.54. The molecular weight excluding hydrogens is 344 g/mol. The zero-order chi connectivity index (χ0) is 14.9. The number of amides is 1. The van der Waals surface area contributed by atoms with Crippen LogP contribution < -0.4 is 5.32 Å². The average molecular weight is 355 g/mol. The molecule has 0 saturated carbocycles. The van der Waals surface area contributed by atoms with Crippen molar-refractivity contribution in [2.45, 2.75) is 12.2 Å². The second-order valence-electron chi connectivity index (χ2n) is 4.42. The Morgan fingerprint density at radius 1 is 1.40 bits per heavy atom. The van der Waals surface area contributed by atoms with Gasteiger partial charge in [-0.15, -0.1) is 0 Å². The van der Waals surface area contributed by atoms with Gasteiger partial charge in [-0.05, 0) is 12.1 Å². The molecule has 0 radical (unpaired) electrons. The molecule has 0 aromatic heterocycles. The Morgan fingerprint density at radius 2 is 2.10 bits per heavy atom. The van der Waals surface area contributed by atoms with E-state index in [0.717, 1.165) is 0 Å². The number of benzene rings is 1. The SMILES string of the molecule is O=C(N1CCNC(c2ccc(Br)cc2F)C1)C(F)(F)F. The quantitative estimate of drug-likeness (QED) is 0.786. The summed E-state index contributed by atoms with van der Waals surface area (Å²) in [5.41, 5.74) is 0.243. The first kappa shape index (κ1) is 15.2. The van der Waals surface area contributed by atoms with E-state index >= 15 is 0 Å². The summed E-state index contributed by atoms with van der Waals surface area (Å²) >= 11 is 3.11. The highest BCUT2D eigenvalue weighted by molar-refractivity contribution is 9.10. The summed E-state index contributed by atoms with van der Waals surface area (Å²) in [5.74, 6) is -2.42.